The summed E-state index contributed by atoms with van der Waals surface area (Å²) in [5, 5.41) is 2.57. The van der Waals surface area contributed by atoms with Crippen molar-refractivity contribution in [2.45, 2.75) is 91.1 Å². The smallest absolute Gasteiger partial charge is 0.408 e. The summed E-state index contributed by atoms with van der Waals surface area (Å²) in [6, 6.07) is -1.46. The third kappa shape index (κ3) is 9.31. The van der Waals surface area contributed by atoms with Crippen LogP contribution >= 0.6 is 0 Å². The van der Waals surface area contributed by atoms with Gasteiger partial charge >= 0.3 is 24.0 Å². The fraction of sp³-hybridized carbons (Fsp3) is 0.700. The molecule has 0 bridgehead atoms. The van der Waals surface area contributed by atoms with Gasteiger partial charge in [0.05, 0.1) is 6.42 Å². The summed E-state index contributed by atoms with van der Waals surface area (Å²) in [6.45, 7) is 10.8. The maximum Gasteiger partial charge on any atom is 0.408 e. The molecule has 0 aliphatic carbocycles. The fourth-order valence-corrected chi connectivity index (χ4v) is 2.30. The number of ether oxygens (including phenoxy) is 3. The van der Waals surface area contributed by atoms with E-state index in [0.717, 1.165) is 6.92 Å². The quantitative estimate of drug-likeness (QED) is 0.334. The van der Waals surface area contributed by atoms with E-state index < -0.39 is 65.6 Å². The average molecular weight is 458 g/mol. The van der Waals surface area contributed by atoms with Crippen LogP contribution in [0.1, 0.15) is 67.7 Å². The third-order valence-corrected chi connectivity index (χ3v) is 3.58. The second-order valence-corrected chi connectivity index (χ2v) is 9.06. The molecule has 180 valence electrons. The number of amides is 3. The van der Waals surface area contributed by atoms with Gasteiger partial charge in [0, 0.05) is 12.8 Å². The largest absolute Gasteiger partial charge is 0.458 e. The summed E-state index contributed by atoms with van der Waals surface area (Å²) in [6.07, 6.45) is -3.31. The van der Waals surface area contributed by atoms with Gasteiger partial charge in [-0.25, -0.2) is 14.4 Å². The summed E-state index contributed by atoms with van der Waals surface area (Å²) in [5.74, 6) is -4.48. The van der Waals surface area contributed by atoms with Crippen molar-refractivity contribution in [3.8, 4) is 0 Å². The SMILES string of the molecule is C[C@H](OC(=O)C[C@H](NC(=O)OC(C)(C)C)C(=O)OC(C)(C)C)C(=O)ON1C(=O)CCC1=O. The van der Waals surface area contributed by atoms with Gasteiger partial charge < -0.3 is 24.4 Å². The Kier molecular flexibility index (Phi) is 8.75. The molecule has 0 aromatic carbocycles. The topological polar surface area (TPSA) is 155 Å². The van der Waals surface area contributed by atoms with E-state index in [-0.39, 0.29) is 12.8 Å². The molecule has 1 fully saturated rings. The lowest BCUT2D eigenvalue weighted by atomic mass is 10.1. The number of hydrogen-bond donors (Lipinski definition) is 1. The minimum absolute atomic E-state index is 0.0891. The number of nitrogens with zero attached hydrogens (tertiary/aromatic N) is 1. The predicted octanol–water partition coefficient (Wildman–Crippen LogP) is 1.15. The van der Waals surface area contributed by atoms with Crippen LogP contribution in [0.5, 0.6) is 0 Å². The lowest BCUT2D eigenvalue weighted by Crippen LogP contribution is -2.47. The van der Waals surface area contributed by atoms with E-state index in [1.807, 2.05) is 0 Å². The van der Waals surface area contributed by atoms with E-state index in [1.165, 1.54) is 0 Å². The number of esters is 2. The lowest BCUT2D eigenvalue weighted by molar-refractivity contribution is -0.205. The number of nitrogens with one attached hydrogen (secondary N) is 1. The van der Waals surface area contributed by atoms with Gasteiger partial charge in [-0.2, -0.15) is 0 Å². The Bertz CT molecular complexity index is 762. The molecule has 1 aliphatic rings. The molecule has 0 aromatic heterocycles. The Labute approximate surface area is 185 Å². The molecule has 1 aliphatic heterocycles. The molecule has 1 N–H and O–H groups in total. The first kappa shape index (κ1) is 26.9. The Morgan fingerprint density at radius 2 is 1.41 bits per heavy atom. The highest BCUT2D eigenvalue weighted by atomic mass is 16.7. The van der Waals surface area contributed by atoms with E-state index in [2.05, 4.69) is 10.2 Å². The van der Waals surface area contributed by atoms with Gasteiger partial charge in [0.25, 0.3) is 11.8 Å². The maximum atomic E-state index is 12.4. The van der Waals surface area contributed by atoms with Crippen LogP contribution in [0.2, 0.25) is 0 Å². The highest BCUT2D eigenvalue weighted by Gasteiger charge is 2.36. The van der Waals surface area contributed by atoms with E-state index >= 15 is 0 Å². The summed E-state index contributed by atoms with van der Waals surface area (Å²) >= 11 is 0. The first-order valence-corrected chi connectivity index (χ1v) is 9.98. The van der Waals surface area contributed by atoms with Crippen molar-refractivity contribution in [3.63, 3.8) is 0 Å². The Morgan fingerprint density at radius 1 is 0.906 bits per heavy atom. The molecule has 32 heavy (non-hydrogen) atoms. The summed E-state index contributed by atoms with van der Waals surface area (Å²) in [5.41, 5.74) is -1.76. The molecule has 1 heterocycles. The molecular weight excluding hydrogens is 428 g/mol. The van der Waals surface area contributed by atoms with E-state index in [4.69, 9.17) is 14.2 Å². The molecule has 0 aromatic rings. The number of imide groups is 1. The molecule has 0 spiro atoms. The molecular formula is C20H30N2O10. The number of hydrogen-bond acceptors (Lipinski definition) is 10. The second kappa shape index (κ2) is 10.4. The molecule has 12 nitrogen and oxygen atoms in total. The molecule has 2 atom stereocenters. The zero-order valence-corrected chi connectivity index (χ0v) is 19.3. The standard InChI is InChI=1S/C20H30N2O10/c1-11(16(26)32-22-13(23)8-9-14(22)24)29-15(25)10-12(17(27)30-19(2,3)4)21-18(28)31-20(5,6)7/h11-12H,8-10H2,1-7H3,(H,21,28)/t11-,12-/m0/s1. The molecule has 1 saturated heterocycles. The average Bonchev–Trinajstić information content (AvgIpc) is 2.89. The van der Waals surface area contributed by atoms with Crippen molar-refractivity contribution in [2.24, 2.45) is 0 Å². The van der Waals surface area contributed by atoms with Crippen molar-refractivity contribution in [2.75, 3.05) is 0 Å². The Hall–Kier alpha value is -3.18. The van der Waals surface area contributed by atoms with Gasteiger partial charge in [0.2, 0.25) is 0 Å². The first-order chi connectivity index (χ1) is 14.5. The summed E-state index contributed by atoms with van der Waals surface area (Å²) in [4.78, 5) is 76.6. The van der Waals surface area contributed by atoms with E-state index in [9.17, 15) is 28.8 Å². The maximum absolute atomic E-state index is 12.4. The van der Waals surface area contributed by atoms with E-state index in [1.54, 1.807) is 41.5 Å². The summed E-state index contributed by atoms with van der Waals surface area (Å²) in [7, 11) is 0. The molecule has 12 heteroatoms. The van der Waals surface area contributed by atoms with Gasteiger partial charge in [0.15, 0.2) is 6.10 Å². The molecule has 0 unspecified atom stereocenters. The normalized spacial score (nSPS) is 16.2. The molecule has 0 saturated carbocycles. The van der Waals surface area contributed by atoms with Crippen molar-refractivity contribution in [1.82, 2.24) is 10.4 Å². The number of alkyl carbamates (subject to hydrolysis) is 1. The minimum Gasteiger partial charge on any atom is -0.458 e. The van der Waals surface area contributed by atoms with Crippen LogP contribution in [-0.4, -0.2) is 64.2 Å². The van der Waals surface area contributed by atoms with Crippen LogP contribution in [0.25, 0.3) is 0 Å². The van der Waals surface area contributed by atoms with Gasteiger partial charge in [-0.3, -0.25) is 14.4 Å². The summed E-state index contributed by atoms with van der Waals surface area (Å²) < 4.78 is 15.2. The van der Waals surface area contributed by atoms with Crippen LogP contribution in [0.4, 0.5) is 4.79 Å². The first-order valence-electron chi connectivity index (χ1n) is 9.98. The van der Waals surface area contributed by atoms with Crippen LogP contribution in [-0.2, 0) is 43.0 Å². The zero-order chi connectivity index (χ0) is 24.9. The molecule has 0 radical (unpaired) electrons. The highest BCUT2D eigenvalue weighted by molar-refractivity contribution is 6.01. The number of hydroxylamine groups is 2. The third-order valence-electron chi connectivity index (χ3n) is 3.58. The molecule has 1 rings (SSSR count). The fourth-order valence-electron chi connectivity index (χ4n) is 2.30. The van der Waals surface area contributed by atoms with Gasteiger partial charge in [-0.15, -0.1) is 5.06 Å². The van der Waals surface area contributed by atoms with Crippen molar-refractivity contribution < 1.29 is 47.8 Å². The van der Waals surface area contributed by atoms with Gasteiger partial charge in [-0.1, -0.05) is 0 Å². The van der Waals surface area contributed by atoms with Crippen LogP contribution in [0.15, 0.2) is 0 Å². The number of carbonyl (C=O) groups is 6. The van der Waals surface area contributed by atoms with Crippen LogP contribution in [0, 0.1) is 0 Å². The molecule has 3 amide bonds. The zero-order valence-electron chi connectivity index (χ0n) is 19.3. The minimum atomic E-state index is -1.50. The second-order valence-electron chi connectivity index (χ2n) is 9.06. The van der Waals surface area contributed by atoms with Gasteiger partial charge in [0.1, 0.15) is 17.2 Å². The van der Waals surface area contributed by atoms with Gasteiger partial charge in [-0.05, 0) is 48.5 Å². The number of rotatable bonds is 7. The van der Waals surface area contributed by atoms with Crippen molar-refractivity contribution >= 4 is 35.8 Å². The Balaban J connectivity index is 2.77. The van der Waals surface area contributed by atoms with Crippen molar-refractivity contribution in [1.29, 1.82) is 0 Å². The highest BCUT2D eigenvalue weighted by Crippen LogP contribution is 2.15. The predicted molar refractivity (Wildman–Crippen MR) is 106 cm³/mol. The Morgan fingerprint density at radius 3 is 1.88 bits per heavy atom. The van der Waals surface area contributed by atoms with Crippen molar-refractivity contribution in [3.05, 3.63) is 0 Å². The monoisotopic (exact) mass is 458 g/mol. The van der Waals surface area contributed by atoms with E-state index in [0.29, 0.717) is 5.06 Å². The lowest BCUT2D eigenvalue weighted by Gasteiger charge is -2.26. The van der Waals surface area contributed by atoms with Crippen LogP contribution in [0.3, 0.4) is 0 Å². The van der Waals surface area contributed by atoms with Crippen LogP contribution < -0.4 is 5.32 Å². The number of carbonyl (C=O) groups excluding carboxylic acids is 6.